The predicted molar refractivity (Wildman–Crippen MR) is 139 cm³/mol. The molecule has 1 atom stereocenters. The van der Waals surface area contributed by atoms with Crippen molar-refractivity contribution >= 4 is 23.5 Å². The zero-order valence-corrected chi connectivity index (χ0v) is 21.3. The molecule has 6 nitrogen and oxygen atoms in total. The number of benzene rings is 3. The summed E-state index contributed by atoms with van der Waals surface area (Å²) in [4.78, 5) is 26.4. The van der Waals surface area contributed by atoms with Gasteiger partial charge in [0.25, 0.3) is 5.91 Å². The Labute approximate surface area is 216 Å². The van der Waals surface area contributed by atoms with Crippen LogP contribution in [0.4, 0.5) is 0 Å². The molecule has 0 saturated carbocycles. The van der Waals surface area contributed by atoms with Crippen LogP contribution in [0.25, 0.3) is 0 Å². The number of hydrogen-bond acceptors (Lipinski definition) is 4. The van der Waals surface area contributed by atoms with E-state index in [-0.39, 0.29) is 18.9 Å². The van der Waals surface area contributed by atoms with Crippen LogP contribution in [0.3, 0.4) is 0 Å². The van der Waals surface area contributed by atoms with Crippen LogP contribution in [-0.2, 0) is 24.1 Å². The summed E-state index contributed by atoms with van der Waals surface area (Å²) in [6, 6.07) is 21.1. The third-order valence-corrected chi connectivity index (χ3v) is 6.65. The van der Waals surface area contributed by atoms with Gasteiger partial charge in [-0.3, -0.25) is 9.59 Å². The van der Waals surface area contributed by atoms with Crippen molar-refractivity contribution in [2.24, 2.45) is 0 Å². The van der Waals surface area contributed by atoms with Crippen LogP contribution < -0.4 is 9.47 Å². The lowest BCUT2D eigenvalue weighted by atomic mass is 9.91. The molecule has 1 aliphatic rings. The first-order valence-corrected chi connectivity index (χ1v) is 12.3. The molecule has 7 heteroatoms. The SMILES string of the molecule is COc1cc(C(=O)N(CCC(=O)O)CCc2ccccc2)cc2c1OC(C)(Cc1ccc(Cl)cc1)C2. The lowest BCUT2D eigenvalue weighted by Crippen LogP contribution is -2.35. The molecule has 0 fully saturated rings. The molecular formula is C29H30ClNO5. The van der Waals surface area contributed by atoms with Gasteiger partial charge in [-0.25, -0.2) is 0 Å². The van der Waals surface area contributed by atoms with E-state index in [4.69, 9.17) is 21.1 Å². The molecule has 1 aliphatic heterocycles. The van der Waals surface area contributed by atoms with Crippen LogP contribution in [0, 0.1) is 0 Å². The number of hydrogen-bond donors (Lipinski definition) is 1. The van der Waals surface area contributed by atoms with Crippen molar-refractivity contribution in [3.05, 3.63) is 94.0 Å². The lowest BCUT2D eigenvalue weighted by Gasteiger charge is -2.24. The maximum Gasteiger partial charge on any atom is 0.305 e. The van der Waals surface area contributed by atoms with Crippen molar-refractivity contribution in [3.8, 4) is 11.5 Å². The number of carboxylic acids is 1. The Balaban J connectivity index is 1.56. The van der Waals surface area contributed by atoms with Crippen LogP contribution in [0.1, 0.15) is 40.4 Å². The van der Waals surface area contributed by atoms with Crippen molar-refractivity contribution in [2.45, 2.75) is 38.2 Å². The second-order valence-electron chi connectivity index (χ2n) is 9.37. The second-order valence-corrected chi connectivity index (χ2v) is 9.81. The molecule has 4 rings (SSSR count). The first-order valence-electron chi connectivity index (χ1n) is 12.0. The number of amides is 1. The molecule has 0 bridgehead atoms. The van der Waals surface area contributed by atoms with Gasteiger partial charge in [-0.1, -0.05) is 54.1 Å². The van der Waals surface area contributed by atoms with Gasteiger partial charge >= 0.3 is 5.97 Å². The van der Waals surface area contributed by atoms with Crippen LogP contribution in [0.2, 0.25) is 5.02 Å². The van der Waals surface area contributed by atoms with Crippen molar-refractivity contribution in [2.75, 3.05) is 20.2 Å². The summed E-state index contributed by atoms with van der Waals surface area (Å²) >= 11 is 6.03. The molecule has 1 amide bonds. The van der Waals surface area contributed by atoms with Gasteiger partial charge in [-0.05, 0) is 48.7 Å². The molecule has 0 aromatic heterocycles. The summed E-state index contributed by atoms with van der Waals surface area (Å²) in [7, 11) is 1.56. The van der Waals surface area contributed by atoms with Crippen molar-refractivity contribution in [1.82, 2.24) is 4.90 Å². The number of nitrogens with zero attached hydrogens (tertiary/aromatic N) is 1. The number of carboxylic acid groups (broad SMARTS) is 1. The van der Waals surface area contributed by atoms with E-state index in [0.717, 1.165) is 16.7 Å². The molecule has 1 N–H and O–H groups in total. The van der Waals surface area contributed by atoms with E-state index in [1.807, 2.05) is 67.6 Å². The minimum absolute atomic E-state index is 0.120. The van der Waals surface area contributed by atoms with Crippen LogP contribution >= 0.6 is 11.6 Å². The van der Waals surface area contributed by atoms with Gasteiger partial charge in [-0.15, -0.1) is 0 Å². The van der Waals surface area contributed by atoms with Crippen LogP contribution in [0.15, 0.2) is 66.7 Å². The number of methoxy groups -OCH3 is 1. The fourth-order valence-electron chi connectivity index (χ4n) is 4.64. The minimum Gasteiger partial charge on any atom is -0.493 e. The van der Waals surface area contributed by atoms with Gasteiger partial charge in [0.2, 0.25) is 0 Å². The molecular weight excluding hydrogens is 478 g/mol. The van der Waals surface area contributed by atoms with E-state index in [0.29, 0.717) is 47.9 Å². The number of carbonyl (C=O) groups excluding carboxylic acids is 1. The van der Waals surface area contributed by atoms with E-state index in [1.165, 1.54) is 0 Å². The van der Waals surface area contributed by atoms with E-state index in [2.05, 4.69) is 0 Å². The highest BCUT2D eigenvalue weighted by Gasteiger charge is 2.38. The first kappa shape index (κ1) is 25.6. The molecule has 1 unspecified atom stereocenters. The minimum atomic E-state index is -0.939. The summed E-state index contributed by atoms with van der Waals surface area (Å²) < 4.78 is 12.0. The molecule has 0 saturated heterocycles. The Morgan fingerprint density at radius 1 is 1.06 bits per heavy atom. The Morgan fingerprint density at radius 3 is 2.44 bits per heavy atom. The van der Waals surface area contributed by atoms with Crippen LogP contribution in [-0.4, -0.2) is 47.7 Å². The highest BCUT2D eigenvalue weighted by Crippen LogP contribution is 2.44. The number of rotatable bonds is 10. The number of fused-ring (bicyclic) bond motifs is 1. The normalized spacial score (nSPS) is 16.2. The highest BCUT2D eigenvalue weighted by atomic mass is 35.5. The van der Waals surface area contributed by atoms with Gasteiger partial charge in [0.15, 0.2) is 11.5 Å². The smallest absolute Gasteiger partial charge is 0.305 e. The molecule has 0 radical (unpaired) electrons. The Kier molecular flexibility index (Phi) is 7.85. The molecule has 0 aliphatic carbocycles. The molecule has 1 heterocycles. The van der Waals surface area contributed by atoms with Gasteiger partial charge in [0.1, 0.15) is 5.60 Å². The zero-order valence-electron chi connectivity index (χ0n) is 20.5. The molecule has 3 aromatic carbocycles. The summed E-state index contributed by atoms with van der Waals surface area (Å²) in [6.45, 7) is 2.59. The van der Waals surface area contributed by atoms with Gasteiger partial charge < -0.3 is 19.5 Å². The zero-order chi connectivity index (χ0) is 25.7. The quantitative estimate of drug-likeness (QED) is 0.395. The monoisotopic (exact) mass is 507 g/mol. The topological polar surface area (TPSA) is 76.1 Å². The molecule has 3 aromatic rings. The average molecular weight is 508 g/mol. The predicted octanol–water partition coefficient (Wildman–Crippen LogP) is 5.44. The Bertz CT molecular complexity index is 1230. The fraction of sp³-hybridized carbons (Fsp3) is 0.310. The number of aliphatic carboxylic acids is 1. The van der Waals surface area contributed by atoms with E-state index < -0.39 is 11.6 Å². The number of carbonyl (C=O) groups is 2. The van der Waals surface area contributed by atoms with E-state index >= 15 is 0 Å². The maximum atomic E-state index is 13.6. The van der Waals surface area contributed by atoms with Crippen molar-refractivity contribution in [1.29, 1.82) is 0 Å². The Hall–Kier alpha value is -3.51. The van der Waals surface area contributed by atoms with Gasteiger partial charge in [-0.2, -0.15) is 0 Å². The summed E-state index contributed by atoms with van der Waals surface area (Å²) in [6.07, 6.45) is 1.80. The Morgan fingerprint density at radius 2 is 1.78 bits per heavy atom. The van der Waals surface area contributed by atoms with Gasteiger partial charge in [0.05, 0.1) is 13.5 Å². The number of halogens is 1. The van der Waals surface area contributed by atoms with Gasteiger partial charge in [0, 0.05) is 42.1 Å². The largest absolute Gasteiger partial charge is 0.493 e. The standard InChI is InChI=1S/C29H30ClNO5/c1-29(18-21-8-10-24(30)11-9-21)19-23-16-22(17-25(35-2)27(23)36-29)28(34)31(15-13-26(32)33)14-12-20-6-4-3-5-7-20/h3-11,16-17H,12-15,18-19H2,1-2H3,(H,32,33). The van der Waals surface area contributed by atoms with Crippen molar-refractivity contribution in [3.63, 3.8) is 0 Å². The molecule has 36 heavy (non-hydrogen) atoms. The third-order valence-electron chi connectivity index (χ3n) is 6.40. The van der Waals surface area contributed by atoms with E-state index in [9.17, 15) is 14.7 Å². The third kappa shape index (κ3) is 6.18. The number of ether oxygens (including phenoxy) is 2. The highest BCUT2D eigenvalue weighted by molar-refractivity contribution is 6.30. The van der Waals surface area contributed by atoms with Crippen molar-refractivity contribution < 1.29 is 24.2 Å². The summed E-state index contributed by atoms with van der Waals surface area (Å²) in [5.74, 6) is -0.0196. The van der Waals surface area contributed by atoms with Crippen LogP contribution in [0.5, 0.6) is 11.5 Å². The first-order chi connectivity index (χ1) is 17.3. The average Bonchev–Trinajstić information content (AvgIpc) is 3.20. The molecule has 188 valence electrons. The maximum absolute atomic E-state index is 13.6. The second kappa shape index (κ2) is 11.0. The summed E-state index contributed by atoms with van der Waals surface area (Å²) in [5, 5.41) is 9.91. The lowest BCUT2D eigenvalue weighted by molar-refractivity contribution is -0.137. The molecule has 0 spiro atoms. The summed E-state index contributed by atoms with van der Waals surface area (Å²) in [5.41, 5.74) is 3.05. The fourth-order valence-corrected chi connectivity index (χ4v) is 4.76. The van der Waals surface area contributed by atoms with E-state index in [1.54, 1.807) is 18.1 Å².